The Kier molecular flexibility index (Phi) is 1.57. The van der Waals surface area contributed by atoms with E-state index in [1.165, 1.54) is 0 Å². The molecule has 0 spiro atoms. The molecule has 0 aromatic rings. The van der Waals surface area contributed by atoms with Crippen LogP contribution in [0, 0.1) is 35.0 Å². The maximum absolute atomic E-state index is 10.7. The van der Waals surface area contributed by atoms with E-state index in [4.69, 9.17) is 10.4 Å². The van der Waals surface area contributed by atoms with Gasteiger partial charge in [0.2, 0.25) is 0 Å². The Morgan fingerprint density at radius 1 is 1.50 bits per heavy atom. The van der Waals surface area contributed by atoms with Gasteiger partial charge in [-0.3, -0.25) is 4.79 Å². The number of hydrogen-bond donors (Lipinski definition) is 1. The number of nitriles is 1. The zero-order valence-corrected chi connectivity index (χ0v) is 6.73. The number of hydrogen-bond acceptors (Lipinski definition) is 2. The summed E-state index contributed by atoms with van der Waals surface area (Å²) in [5.74, 6) is -0.374. The van der Waals surface area contributed by atoms with Crippen molar-refractivity contribution >= 4 is 5.97 Å². The first-order chi connectivity index (χ1) is 5.74. The maximum Gasteiger partial charge on any atom is 0.306 e. The highest BCUT2D eigenvalue weighted by Gasteiger charge is 2.50. The first-order valence-corrected chi connectivity index (χ1v) is 4.36. The minimum Gasteiger partial charge on any atom is -0.481 e. The van der Waals surface area contributed by atoms with E-state index in [1.807, 2.05) is 0 Å². The molecule has 2 bridgehead atoms. The van der Waals surface area contributed by atoms with Crippen molar-refractivity contribution in [1.82, 2.24) is 0 Å². The summed E-state index contributed by atoms with van der Waals surface area (Å²) in [6.07, 6.45) is 2.74. The zero-order chi connectivity index (χ0) is 8.72. The fourth-order valence-electron chi connectivity index (χ4n) is 2.82. The molecule has 3 nitrogen and oxygen atoms in total. The lowest BCUT2D eigenvalue weighted by molar-refractivity contribution is -0.143. The first kappa shape index (κ1) is 7.60. The highest BCUT2D eigenvalue weighted by atomic mass is 16.4. The predicted octanol–water partition coefficient (Wildman–Crippen LogP) is 1.26. The Hall–Kier alpha value is -1.04. The molecule has 1 N–H and O–H groups in total. The lowest BCUT2D eigenvalue weighted by atomic mass is 9.88. The molecule has 12 heavy (non-hydrogen) atoms. The van der Waals surface area contributed by atoms with Crippen LogP contribution in [-0.4, -0.2) is 11.1 Å². The van der Waals surface area contributed by atoms with Crippen molar-refractivity contribution in [2.45, 2.75) is 19.3 Å². The van der Waals surface area contributed by atoms with Gasteiger partial charge in [0, 0.05) is 0 Å². The summed E-state index contributed by atoms with van der Waals surface area (Å²) in [5, 5.41) is 17.6. The van der Waals surface area contributed by atoms with Gasteiger partial charge in [0.15, 0.2) is 0 Å². The van der Waals surface area contributed by atoms with E-state index in [-0.39, 0.29) is 17.8 Å². The molecule has 0 aromatic heterocycles. The van der Waals surface area contributed by atoms with Gasteiger partial charge in [-0.25, -0.2) is 0 Å². The van der Waals surface area contributed by atoms with E-state index in [9.17, 15) is 4.79 Å². The Morgan fingerprint density at radius 2 is 2.25 bits per heavy atom. The molecule has 3 heteroatoms. The normalized spacial score (nSPS) is 44.2. The largest absolute Gasteiger partial charge is 0.481 e. The van der Waals surface area contributed by atoms with Crippen LogP contribution in [-0.2, 0) is 4.79 Å². The van der Waals surface area contributed by atoms with Gasteiger partial charge in [-0.1, -0.05) is 0 Å². The quantitative estimate of drug-likeness (QED) is 0.636. The molecule has 2 fully saturated rings. The minimum atomic E-state index is -0.706. The Morgan fingerprint density at radius 3 is 2.67 bits per heavy atom. The third-order valence-electron chi connectivity index (χ3n) is 3.38. The van der Waals surface area contributed by atoms with Crippen LogP contribution in [0.1, 0.15) is 19.3 Å². The highest BCUT2D eigenvalue weighted by molar-refractivity contribution is 5.71. The average Bonchev–Trinajstić information content (AvgIpc) is 2.59. The number of fused-ring (bicyclic) bond motifs is 2. The molecule has 0 saturated heterocycles. The van der Waals surface area contributed by atoms with Gasteiger partial charge in [-0.15, -0.1) is 0 Å². The molecule has 2 aliphatic carbocycles. The van der Waals surface area contributed by atoms with Crippen LogP contribution in [0.4, 0.5) is 0 Å². The molecule has 64 valence electrons. The van der Waals surface area contributed by atoms with E-state index in [2.05, 4.69) is 6.07 Å². The van der Waals surface area contributed by atoms with Gasteiger partial charge in [-0.2, -0.15) is 5.26 Å². The molecule has 4 atom stereocenters. The van der Waals surface area contributed by atoms with E-state index in [1.54, 1.807) is 0 Å². The third kappa shape index (κ3) is 0.842. The summed E-state index contributed by atoms with van der Waals surface area (Å²) >= 11 is 0. The van der Waals surface area contributed by atoms with Gasteiger partial charge in [0.05, 0.1) is 17.9 Å². The highest BCUT2D eigenvalue weighted by Crippen LogP contribution is 2.52. The van der Waals surface area contributed by atoms with Crippen LogP contribution in [0.5, 0.6) is 0 Å². The zero-order valence-electron chi connectivity index (χ0n) is 6.73. The predicted molar refractivity (Wildman–Crippen MR) is 41.1 cm³/mol. The van der Waals surface area contributed by atoms with Crippen LogP contribution in [0.2, 0.25) is 0 Å². The molecule has 0 amide bonds. The van der Waals surface area contributed by atoms with Gasteiger partial charge in [0.1, 0.15) is 0 Å². The summed E-state index contributed by atoms with van der Waals surface area (Å²) in [6.45, 7) is 0. The van der Waals surface area contributed by atoms with Crippen LogP contribution in [0.15, 0.2) is 0 Å². The Bertz CT molecular complexity index is 256. The smallest absolute Gasteiger partial charge is 0.306 e. The Balaban J connectivity index is 2.19. The van der Waals surface area contributed by atoms with Crippen molar-refractivity contribution in [2.24, 2.45) is 23.7 Å². The average molecular weight is 165 g/mol. The van der Waals surface area contributed by atoms with Gasteiger partial charge in [-0.05, 0) is 31.1 Å². The monoisotopic (exact) mass is 165 g/mol. The summed E-state index contributed by atoms with van der Waals surface area (Å²) in [5.41, 5.74) is 0. The molecule has 0 unspecified atom stereocenters. The molecule has 2 aliphatic rings. The second-order valence-electron chi connectivity index (χ2n) is 3.84. The lowest BCUT2D eigenvalue weighted by Gasteiger charge is -2.16. The molecule has 0 aromatic carbocycles. The topological polar surface area (TPSA) is 61.1 Å². The number of nitrogens with zero attached hydrogens (tertiary/aromatic N) is 1. The van der Waals surface area contributed by atoms with Crippen LogP contribution in [0.25, 0.3) is 0 Å². The van der Waals surface area contributed by atoms with Crippen molar-refractivity contribution < 1.29 is 9.90 Å². The van der Waals surface area contributed by atoms with Gasteiger partial charge < -0.3 is 5.11 Å². The Labute approximate surface area is 71.0 Å². The van der Waals surface area contributed by atoms with E-state index < -0.39 is 5.97 Å². The van der Waals surface area contributed by atoms with E-state index in [0.717, 1.165) is 19.3 Å². The first-order valence-electron chi connectivity index (χ1n) is 4.36. The van der Waals surface area contributed by atoms with Crippen molar-refractivity contribution in [1.29, 1.82) is 5.26 Å². The summed E-state index contributed by atoms with van der Waals surface area (Å²) in [7, 11) is 0. The number of aliphatic carboxylic acids is 1. The number of carboxylic acid groups (broad SMARTS) is 1. The summed E-state index contributed by atoms with van der Waals surface area (Å²) in [6, 6.07) is 2.25. The third-order valence-corrected chi connectivity index (χ3v) is 3.38. The molecular formula is C9H11NO2. The summed E-state index contributed by atoms with van der Waals surface area (Å²) in [4.78, 5) is 10.7. The molecule has 0 heterocycles. The van der Waals surface area contributed by atoms with Crippen LogP contribution >= 0.6 is 0 Å². The molecule has 0 aliphatic heterocycles. The minimum absolute atomic E-state index is 0.0334. The molecule has 0 radical (unpaired) electrons. The van der Waals surface area contributed by atoms with Crippen molar-refractivity contribution in [2.75, 3.05) is 0 Å². The lowest BCUT2D eigenvalue weighted by Crippen LogP contribution is -2.21. The fraction of sp³-hybridized carbons (Fsp3) is 0.778. The van der Waals surface area contributed by atoms with Crippen molar-refractivity contribution in [3.63, 3.8) is 0 Å². The fourth-order valence-corrected chi connectivity index (χ4v) is 2.82. The number of rotatable bonds is 1. The van der Waals surface area contributed by atoms with E-state index in [0.29, 0.717) is 5.92 Å². The van der Waals surface area contributed by atoms with Crippen molar-refractivity contribution in [3.05, 3.63) is 0 Å². The SMILES string of the molecule is N#C[C@H]1[C@H]2CC[C@H]1[C@H](C(=O)O)C2. The molecule has 2 rings (SSSR count). The van der Waals surface area contributed by atoms with Gasteiger partial charge in [0.25, 0.3) is 0 Å². The second kappa shape index (κ2) is 2.48. The van der Waals surface area contributed by atoms with Crippen molar-refractivity contribution in [3.8, 4) is 6.07 Å². The molecular weight excluding hydrogens is 154 g/mol. The van der Waals surface area contributed by atoms with Gasteiger partial charge >= 0.3 is 5.97 Å². The molecule has 2 saturated carbocycles. The van der Waals surface area contributed by atoms with Crippen LogP contribution in [0.3, 0.4) is 0 Å². The van der Waals surface area contributed by atoms with Crippen LogP contribution < -0.4 is 0 Å². The van der Waals surface area contributed by atoms with E-state index >= 15 is 0 Å². The standard InChI is InChI=1S/C9H11NO2/c10-4-8-5-1-2-6(8)7(3-5)9(11)12/h5-8H,1-3H2,(H,11,12)/t5-,6-,7+,8-/m0/s1. The summed E-state index contributed by atoms with van der Waals surface area (Å²) < 4.78 is 0. The second-order valence-corrected chi connectivity index (χ2v) is 3.84. The number of carboxylic acids is 1. The number of carbonyl (C=O) groups is 1. The maximum atomic E-state index is 10.7.